The summed E-state index contributed by atoms with van der Waals surface area (Å²) >= 11 is 5.78. The Hall–Kier alpha value is -3.52. The highest BCUT2D eigenvalue weighted by Crippen LogP contribution is 2.32. The number of hydrogen-bond donors (Lipinski definition) is 1. The molecule has 4 aromatic rings. The molecule has 3 aromatic heterocycles. The summed E-state index contributed by atoms with van der Waals surface area (Å²) in [5, 5.41) is -0.0487. The van der Waals surface area contributed by atoms with Crippen molar-refractivity contribution in [3.63, 3.8) is 0 Å². The molecule has 0 atom stereocenters. The highest BCUT2D eigenvalue weighted by Gasteiger charge is 2.21. The minimum absolute atomic E-state index is 0.0487. The second kappa shape index (κ2) is 7.14. The van der Waals surface area contributed by atoms with Gasteiger partial charge < -0.3 is 4.42 Å². The van der Waals surface area contributed by atoms with Gasteiger partial charge in [-0.3, -0.25) is 9.78 Å². The van der Waals surface area contributed by atoms with E-state index in [9.17, 15) is 14.0 Å². The number of aromatic amines is 1. The van der Waals surface area contributed by atoms with Crippen molar-refractivity contribution < 1.29 is 8.81 Å². The van der Waals surface area contributed by atoms with Gasteiger partial charge in [0.05, 0.1) is 5.02 Å². The standard InChI is InChI=1S/C20H14ClFN4O3/c1-10-9-26(20(28)25-18(10)27)17-16(12-6-7-13(21)14(22)8-12)29-19(24-17)15-5-3-4-11(2)23-15/h3-9H,1-2H3,(H,25,27,28). The zero-order valence-electron chi connectivity index (χ0n) is 15.4. The van der Waals surface area contributed by atoms with E-state index in [2.05, 4.69) is 15.0 Å². The first kappa shape index (κ1) is 18.8. The van der Waals surface area contributed by atoms with Crippen LogP contribution in [0, 0.1) is 19.7 Å². The van der Waals surface area contributed by atoms with E-state index in [-0.39, 0.29) is 22.5 Å². The average Bonchev–Trinajstić information content (AvgIpc) is 3.12. The molecule has 0 saturated carbocycles. The zero-order valence-corrected chi connectivity index (χ0v) is 16.1. The van der Waals surface area contributed by atoms with Crippen LogP contribution in [0.5, 0.6) is 0 Å². The van der Waals surface area contributed by atoms with Crippen molar-refractivity contribution in [2.45, 2.75) is 13.8 Å². The minimum atomic E-state index is -0.701. The first-order valence-electron chi connectivity index (χ1n) is 8.57. The Bertz CT molecular complexity index is 1360. The third kappa shape index (κ3) is 3.50. The van der Waals surface area contributed by atoms with Gasteiger partial charge in [0.2, 0.25) is 5.89 Å². The zero-order chi connectivity index (χ0) is 20.7. The Kier molecular flexibility index (Phi) is 4.63. The van der Waals surface area contributed by atoms with Crippen LogP contribution in [-0.4, -0.2) is 19.5 Å². The molecule has 1 N–H and O–H groups in total. The van der Waals surface area contributed by atoms with Gasteiger partial charge >= 0.3 is 5.69 Å². The van der Waals surface area contributed by atoms with Crippen LogP contribution < -0.4 is 11.2 Å². The highest BCUT2D eigenvalue weighted by molar-refractivity contribution is 6.30. The molecule has 3 heterocycles. The quantitative estimate of drug-likeness (QED) is 0.554. The van der Waals surface area contributed by atoms with E-state index in [1.807, 2.05) is 13.0 Å². The van der Waals surface area contributed by atoms with Gasteiger partial charge in [-0.2, -0.15) is 4.98 Å². The van der Waals surface area contributed by atoms with Crippen LogP contribution in [0.15, 0.2) is 56.6 Å². The van der Waals surface area contributed by atoms with Crippen LogP contribution in [0.2, 0.25) is 5.02 Å². The van der Waals surface area contributed by atoms with Gasteiger partial charge in [0, 0.05) is 23.0 Å². The number of H-pyrrole nitrogens is 1. The molecule has 4 rings (SSSR count). The molecule has 0 unspecified atom stereocenters. The summed E-state index contributed by atoms with van der Waals surface area (Å²) in [5.74, 6) is -0.279. The predicted molar refractivity (Wildman–Crippen MR) is 106 cm³/mol. The molecule has 29 heavy (non-hydrogen) atoms. The Morgan fingerprint density at radius 3 is 2.66 bits per heavy atom. The van der Waals surface area contributed by atoms with Crippen LogP contribution in [0.4, 0.5) is 4.39 Å². The van der Waals surface area contributed by atoms with E-state index in [0.717, 1.165) is 10.3 Å². The number of hydrogen-bond acceptors (Lipinski definition) is 5. The maximum atomic E-state index is 14.1. The molecule has 7 nitrogen and oxygen atoms in total. The normalized spacial score (nSPS) is 11.0. The van der Waals surface area contributed by atoms with Crippen molar-refractivity contribution in [3.8, 4) is 28.7 Å². The van der Waals surface area contributed by atoms with Crippen molar-refractivity contribution in [3.05, 3.63) is 85.5 Å². The number of aryl methyl sites for hydroxylation is 2. The number of halogens is 2. The van der Waals surface area contributed by atoms with Crippen LogP contribution in [-0.2, 0) is 0 Å². The largest absolute Gasteiger partial charge is 0.432 e. The average molecular weight is 413 g/mol. The third-order valence-corrected chi connectivity index (χ3v) is 4.55. The SMILES string of the molecule is Cc1cccc(-c2nc(-n3cc(C)c(=O)[nH]c3=O)c(-c3ccc(Cl)c(F)c3)o2)n1. The third-order valence-electron chi connectivity index (χ3n) is 4.25. The molecule has 0 saturated heterocycles. The van der Waals surface area contributed by atoms with Gasteiger partial charge in [-0.25, -0.2) is 18.7 Å². The lowest BCUT2D eigenvalue weighted by molar-refractivity contribution is 0.582. The summed E-state index contributed by atoms with van der Waals surface area (Å²) in [6.45, 7) is 3.37. The fourth-order valence-corrected chi connectivity index (χ4v) is 2.91. The summed E-state index contributed by atoms with van der Waals surface area (Å²) in [6, 6.07) is 9.42. The number of benzene rings is 1. The van der Waals surface area contributed by atoms with E-state index >= 15 is 0 Å². The van der Waals surface area contributed by atoms with Crippen molar-refractivity contribution in [1.29, 1.82) is 0 Å². The molecule has 0 aliphatic heterocycles. The molecule has 1 aromatic carbocycles. The molecule has 9 heteroatoms. The summed E-state index contributed by atoms with van der Waals surface area (Å²) < 4.78 is 21.1. The number of nitrogens with zero attached hydrogens (tertiary/aromatic N) is 3. The van der Waals surface area contributed by atoms with Gasteiger partial charge in [-0.1, -0.05) is 17.7 Å². The number of pyridine rings is 1. The Labute approximate surface area is 168 Å². The molecular weight excluding hydrogens is 399 g/mol. The maximum absolute atomic E-state index is 14.1. The van der Waals surface area contributed by atoms with E-state index in [1.165, 1.54) is 18.3 Å². The molecule has 0 spiro atoms. The van der Waals surface area contributed by atoms with Crippen molar-refractivity contribution in [2.24, 2.45) is 0 Å². The van der Waals surface area contributed by atoms with Gasteiger partial charge in [0.1, 0.15) is 11.5 Å². The molecule has 0 bridgehead atoms. The van der Waals surface area contributed by atoms with Crippen molar-refractivity contribution in [2.75, 3.05) is 0 Å². The van der Waals surface area contributed by atoms with Crippen LogP contribution in [0.3, 0.4) is 0 Å². The van der Waals surface area contributed by atoms with E-state index < -0.39 is 17.1 Å². The predicted octanol–water partition coefficient (Wildman–Crippen LogP) is 3.65. The molecule has 0 amide bonds. The van der Waals surface area contributed by atoms with Crippen molar-refractivity contribution >= 4 is 11.6 Å². The van der Waals surface area contributed by atoms with Gasteiger partial charge in [0.15, 0.2) is 11.6 Å². The molecule has 0 aliphatic rings. The summed E-state index contributed by atoms with van der Waals surface area (Å²) in [5.41, 5.74) is 0.613. The second-order valence-corrected chi connectivity index (χ2v) is 6.81. The number of rotatable bonds is 3. The lowest BCUT2D eigenvalue weighted by atomic mass is 10.1. The molecule has 0 radical (unpaired) electrons. The lowest BCUT2D eigenvalue weighted by Gasteiger charge is -2.05. The second-order valence-electron chi connectivity index (χ2n) is 6.41. The highest BCUT2D eigenvalue weighted by atomic mass is 35.5. The molecule has 0 fully saturated rings. The minimum Gasteiger partial charge on any atom is -0.432 e. The molecule has 0 aliphatic carbocycles. The molecular formula is C20H14ClFN4O3. The first-order valence-corrected chi connectivity index (χ1v) is 8.94. The van der Waals surface area contributed by atoms with Crippen LogP contribution in [0.1, 0.15) is 11.3 Å². The number of aromatic nitrogens is 4. The van der Waals surface area contributed by atoms with E-state index in [0.29, 0.717) is 16.8 Å². The van der Waals surface area contributed by atoms with Crippen LogP contribution >= 0.6 is 11.6 Å². The van der Waals surface area contributed by atoms with E-state index in [1.54, 1.807) is 25.1 Å². The first-order chi connectivity index (χ1) is 13.8. The fraction of sp³-hybridized carbons (Fsp3) is 0.100. The topological polar surface area (TPSA) is 93.8 Å². The fourth-order valence-electron chi connectivity index (χ4n) is 2.80. The lowest BCUT2D eigenvalue weighted by Crippen LogP contribution is -2.30. The maximum Gasteiger partial charge on any atom is 0.334 e. The van der Waals surface area contributed by atoms with E-state index in [4.69, 9.17) is 16.0 Å². The Morgan fingerprint density at radius 1 is 1.14 bits per heavy atom. The molecule has 146 valence electrons. The van der Waals surface area contributed by atoms with Crippen LogP contribution in [0.25, 0.3) is 28.7 Å². The van der Waals surface area contributed by atoms with Crippen molar-refractivity contribution in [1.82, 2.24) is 19.5 Å². The Morgan fingerprint density at radius 2 is 1.93 bits per heavy atom. The smallest absolute Gasteiger partial charge is 0.334 e. The Balaban J connectivity index is 2.00. The van der Waals surface area contributed by atoms with Gasteiger partial charge in [-0.05, 0) is 44.2 Å². The monoisotopic (exact) mass is 412 g/mol. The summed E-state index contributed by atoms with van der Waals surface area (Å²) in [4.78, 5) is 35.2. The summed E-state index contributed by atoms with van der Waals surface area (Å²) in [7, 11) is 0. The number of nitrogens with one attached hydrogen (secondary N) is 1. The number of oxazole rings is 1. The van der Waals surface area contributed by atoms with Gasteiger partial charge in [0.25, 0.3) is 5.56 Å². The summed E-state index contributed by atoms with van der Waals surface area (Å²) in [6.07, 6.45) is 1.35. The van der Waals surface area contributed by atoms with Gasteiger partial charge in [-0.15, -0.1) is 0 Å².